The lowest BCUT2D eigenvalue weighted by Gasteiger charge is -2.33. The van der Waals surface area contributed by atoms with Gasteiger partial charge in [0.15, 0.2) is 0 Å². The molecule has 0 aliphatic carbocycles. The van der Waals surface area contributed by atoms with E-state index < -0.39 is 6.04 Å². The number of para-hydroxylation sites is 2. The fraction of sp³-hybridized carbons (Fsp3) is 0.188. The predicted octanol–water partition coefficient (Wildman–Crippen LogP) is 5.09. The molecule has 202 valence electrons. The Labute approximate surface area is 233 Å². The zero-order valence-electron chi connectivity index (χ0n) is 22.5. The number of carbonyl (C=O) groups is 2. The third-order valence-corrected chi connectivity index (χ3v) is 6.83. The van der Waals surface area contributed by atoms with Crippen LogP contribution >= 0.6 is 0 Å². The quantitative estimate of drug-likeness (QED) is 0.270. The summed E-state index contributed by atoms with van der Waals surface area (Å²) in [7, 11) is 1.58. The predicted molar refractivity (Wildman–Crippen MR) is 155 cm³/mol. The number of carbonyl (C=O) groups excluding carboxylic acids is 2. The molecule has 0 aliphatic heterocycles. The molecule has 1 aromatic heterocycles. The molecule has 1 N–H and O–H groups in total. The van der Waals surface area contributed by atoms with E-state index in [2.05, 4.69) is 15.6 Å². The van der Waals surface area contributed by atoms with E-state index in [4.69, 9.17) is 4.74 Å². The van der Waals surface area contributed by atoms with Gasteiger partial charge < -0.3 is 10.1 Å². The first-order valence-corrected chi connectivity index (χ1v) is 13.2. The van der Waals surface area contributed by atoms with E-state index in [1.807, 2.05) is 104 Å². The van der Waals surface area contributed by atoms with Crippen molar-refractivity contribution in [2.24, 2.45) is 0 Å². The van der Waals surface area contributed by atoms with Crippen molar-refractivity contribution < 1.29 is 14.3 Å². The lowest BCUT2D eigenvalue weighted by molar-refractivity contribution is -0.127. The molecule has 0 radical (unpaired) electrons. The summed E-state index contributed by atoms with van der Waals surface area (Å²) in [6, 6.07) is 31.2. The molecule has 0 saturated carbocycles. The Morgan fingerprint density at radius 1 is 0.925 bits per heavy atom. The van der Waals surface area contributed by atoms with Crippen LogP contribution in [0.2, 0.25) is 0 Å². The Hall–Kier alpha value is -4.98. The van der Waals surface area contributed by atoms with Crippen LogP contribution < -0.4 is 15.0 Å². The highest BCUT2D eigenvalue weighted by Gasteiger charge is 2.34. The largest absolute Gasteiger partial charge is 0.497 e. The number of anilines is 1. The Balaban J connectivity index is 1.60. The van der Waals surface area contributed by atoms with Crippen molar-refractivity contribution in [3.05, 3.63) is 120 Å². The molecule has 0 aliphatic rings. The van der Waals surface area contributed by atoms with Crippen LogP contribution in [0.4, 0.5) is 5.69 Å². The van der Waals surface area contributed by atoms with Crippen LogP contribution in [0, 0.1) is 0 Å². The second-order valence-electron chi connectivity index (χ2n) is 9.36. The first kappa shape index (κ1) is 26.6. The maximum absolute atomic E-state index is 14.3. The van der Waals surface area contributed by atoms with Crippen LogP contribution in [0.15, 0.2) is 103 Å². The van der Waals surface area contributed by atoms with E-state index in [1.54, 1.807) is 22.8 Å². The first-order chi connectivity index (χ1) is 19.6. The number of aromatic nitrogens is 3. The molecule has 0 fully saturated rings. The smallest absolute Gasteiger partial charge is 0.249 e. The highest BCUT2D eigenvalue weighted by Crippen LogP contribution is 2.33. The minimum absolute atomic E-state index is 0.0923. The van der Waals surface area contributed by atoms with E-state index in [-0.39, 0.29) is 18.4 Å². The molecule has 5 aromatic rings. The Morgan fingerprint density at radius 2 is 1.68 bits per heavy atom. The summed E-state index contributed by atoms with van der Waals surface area (Å²) in [4.78, 5) is 30.0. The van der Waals surface area contributed by atoms with Crippen molar-refractivity contribution >= 4 is 28.5 Å². The fourth-order valence-electron chi connectivity index (χ4n) is 4.81. The average molecular weight is 534 g/mol. The van der Waals surface area contributed by atoms with Crippen molar-refractivity contribution in [1.82, 2.24) is 20.3 Å². The van der Waals surface area contributed by atoms with Gasteiger partial charge in [-0.25, -0.2) is 4.68 Å². The zero-order chi connectivity index (χ0) is 27.9. The number of benzene rings is 4. The molecular weight excluding hydrogens is 502 g/mol. The van der Waals surface area contributed by atoms with Crippen molar-refractivity contribution in [2.75, 3.05) is 12.0 Å². The average Bonchev–Trinajstić information content (AvgIpc) is 3.41. The van der Waals surface area contributed by atoms with Gasteiger partial charge in [-0.2, -0.15) is 0 Å². The Bertz CT molecular complexity index is 1620. The van der Waals surface area contributed by atoms with Gasteiger partial charge in [-0.05, 0) is 53.4 Å². The molecule has 5 rings (SSSR count). The van der Waals surface area contributed by atoms with E-state index in [1.165, 1.54) is 0 Å². The molecule has 8 heteroatoms. The normalized spacial score (nSPS) is 11.7. The van der Waals surface area contributed by atoms with Gasteiger partial charge in [-0.15, -0.1) is 5.10 Å². The summed E-state index contributed by atoms with van der Waals surface area (Å²) >= 11 is 0. The maximum Gasteiger partial charge on any atom is 0.249 e. The zero-order valence-corrected chi connectivity index (χ0v) is 22.5. The second-order valence-corrected chi connectivity index (χ2v) is 9.36. The Morgan fingerprint density at radius 3 is 2.48 bits per heavy atom. The molecule has 1 unspecified atom stereocenters. The van der Waals surface area contributed by atoms with Gasteiger partial charge in [0.1, 0.15) is 23.9 Å². The Kier molecular flexibility index (Phi) is 8.15. The number of ether oxygens (including phenoxy) is 1. The van der Waals surface area contributed by atoms with Gasteiger partial charge in [0, 0.05) is 12.2 Å². The summed E-state index contributed by atoms with van der Waals surface area (Å²) < 4.78 is 7.05. The molecule has 40 heavy (non-hydrogen) atoms. The van der Waals surface area contributed by atoms with E-state index in [0.717, 1.165) is 16.6 Å². The molecule has 8 nitrogen and oxygen atoms in total. The van der Waals surface area contributed by atoms with Gasteiger partial charge in [-0.3, -0.25) is 14.5 Å². The lowest BCUT2D eigenvalue weighted by Crippen LogP contribution is -2.45. The molecule has 4 aromatic carbocycles. The van der Waals surface area contributed by atoms with E-state index in [0.29, 0.717) is 35.5 Å². The van der Waals surface area contributed by atoms with Gasteiger partial charge >= 0.3 is 0 Å². The van der Waals surface area contributed by atoms with Gasteiger partial charge in [0.25, 0.3) is 0 Å². The fourth-order valence-corrected chi connectivity index (χ4v) is 4.81. The highest BCUT2D eigenvalue weighted by atomic mass is 16.5. The molecular formula is C32H31N5O3. The van der Waals surface area contributed by atoms with Gasteiger partial charge in [0.2, 0.25) is 11.8 Å². The topological polar surface area (TPSA) is 89.4 Å². The number of nitrogens with one attached hydrogen (secondary N) is 1. The number of rotatable bonds is 10. The first-order valence-electron chi connectivity index (χ1n) is 13.2. The summed E-state index contributed by atoms with van der Waals surface area (Å²) in [5.41, 5.74) is 4.64. The number of hydrogen-bond donors (Lipinski definition) is 1. The van der Waals surface area contributed by atoms with Crippen molar-refractivity contribution in [3.8, 4) is 5.75 Å². The molecule has 0 saturated heterocycles. The third kappa shape index (κ3) is 5.71. The minimum atomic E-state index is -0.964. The summed E-state index contributed by atoms with van der Waals surface area (Å²) in [6.45, 7) is 2.26. The van der Waals surface area contributed by atoms with Crippen molar-refractivity contribution in [1.29, 1.82) is 0 Å². The lowest BCUT2D eigenvalue weighted by atomic mass is 10.00. The number of hydrogen-bond acceptors (Lipinski definition) is 5. The summed E-state index contributed by atoms with van der Waals surface area (Å²) in [5.74, 6) is -0.00384. The van der Waals surface area contributed by atoms with Gasteiger partial charge in [0.05, 0.1) is 12.6 Å². The molecule has 2 amide bonds. The van der Waals surface area contributed by atoms with E-state index in [9.17, 15) is 9.59 Å². The van der Waals surface area contributed by atoms with Crippen molar-refractivity contribution in [3.63, 3.8) is 0 Å². The number of methoxy groups -OCH3 is 1. The second kappa shape index (κ2) is 12.3. The van der Waals surface area contributed by atoms with Crippen LogP contribution in [-0.2, 0) is 29.1 Å². The van der Waals surface area contributed by atoms with Crippen molar-refractivity contribution in [2.45, 2.75) is 32.5 Å². The minimum Gasteiger partial charge on any atom is -0.497 e. The molecule has 0 spiro atoms. The van der Waals surface area contributed by atoms with Gasteiger partial charge in [-0.1, -0.05) is 84.9 Å². The summed E-state index contributed by atoms with van der Waals surface area (Å²) in [6.07, 6.45) is 0.683. The number of nitrogens with zero attached hydrogens (tertiary/aromatic N) is 4. The van der Waals surface area contributed by atoms with Crippen LogP contribution in [0.3, 0.4) is 0 Å². The third-order valence-electron chi connectivity index (χ3n) is 6.83. The highest BCUT2D eigenvalue weighted by molar-refractivity contribution is 6.02. The van der Waals surface area contributed by atoms with Crippen LogP contribution in [0.1, 0.15) is 29.7 Å². The monoisotopic (exact) mass is 533 g/mol. The number of fused-ring (bicyclic) bond motifs is 1. The standard InChI is InChI=1S/C32H31N5O3/c1-3-24-14-7-9-18-28(24)37(30(38)22-36-29-19-10-8-17-27(29)34-35-36)31(25-15-11-16-26(20-25)40-2)32(39)33-21-23-12-5-4-6-13-23/h4-20,31H,3,21-22H2,1-2H3,(H,33,39). The van der Waals surface area contributed by atoms with E-state index >= 15 is 0 Å². The van der Waals surface area contributed by atoms with Crippen LogP contribution in [0.5, 0.6) is 5.75 Å². The molecule has 1 heterocycles. The number of aryl methyl sites for hydroxylation is 1. The van der Waals surface area contributed by atoms with Crippen LogP contribution in [-0.4, -0.2) is 33.9 Å². The SMILES string of the molecule is CCc1ccccc1N(C(=O)Cn1nnc2ccccc21)C(C(=O)NCc1ccccc1)c1cccc(OC)c1. The molecule has 0 bridgehead atoms. The summed E-state index contributed by atoms with van der Waals surface area (Å²) in [5, 5.41) is 11.5. The molecule has 1 atom stereocenters. The maximum atomic E-state index is 14.3. The van der Waals surface area contributed by atoms with Crippen LogP contribution in [0.25, 0.3) is 11.0 Å². The number of amides is 2.